The van der Waals surface area contributed by atoms with Gasteiger partial charge in [0.15, 0.2) is 5.69 Å². The average Bonchev–Trinajstić information content (AvgIpc) is 3.50. The zero-order chi connectivity index (χ0) is 21.5. The van der Waals surface area contributed by atoms with Crippen LogP contribution in [-0.4, -0.2) is 51.6 Å². The Bertz CT molecular complexity index is 838. The standard InChI is InChI=1S/C22H32N4O4/c1-4-16(3)23-22(28)19-15-30-20(24-19)14-25-10-6-8-17(25)12-26(21(27)5-2)13-18-9-7-11-29-18/h6,8,10,15-16,18H,4-5,7,9,11-14H2,1-3H3,(H,23,28)/t16-,18+/m1/s1. The van der Waals surface area contributed by atoms with Crippen LogP contribution in [-0.2, 0) is 22.6 Å². The molecule has 2 atom stereocenters. The summed E-state index contributed by atoms with van der Waals surface area (Å²) in [6.07, 6.45) is 6.78. The largest absolute Gasteiger partial charge is 0.446 e. The van der Waals surface area contributed by atoms with Crippen LogP contribution in [0.4, 0.5) is 0 Å². The normalized spacial score (nSPS) is 17.1. The molecule has 8 heteroatoms. The number of oxazole rings is 1. The first-order valence-corrected chi connectivity index (χ1v) is 10.8. The highest BCUT2D eigenvalue weighted by Crippen LogP contribution is 2.17. The summed E-state index contributed by atoms with van der Waals surface area (Å²) in [7, 11) is 0. The van der Waals surface area contributed by atoms with E-state index in [1.165, 1.54) is 6.26 Å². The fourth-order valence-electron chi connectivity index (χ4n) is 3.49. The average molecular weight is 417 g/mol. The zero-order valence-electron chi connectivity index (χ0n) is 18.1. The first-order valence-electron chi connectivity index (χ1n) is 10.8. The number of aromatic nitrogens is 2. The Morgan fingerprint density at radius 1 is 1.40 bits per heavy atom. The number of hydrogen-bond donors (Lipinski definition) is 1. The van der Waals surface area contributed by atoms with Gasteiger partial charge in [0.2, 0.25) is 11.8 Å². The van der Waals surface area contributed by atoms with E-state index < -0.39 is 0 Å². The Morgan fingerprint density at radius 3 is 2.93 bits per heavy atom. The zero-order valence-corrected chi connectivity index (χ0v) is 18.1. The van der Waals surface area contributed by atoms with Crippen LogP contribution in [0.15, 0.2) is 29.0 Å². The van der Waals surface area contributed by atoms with E-state index in [9.17, 15) is 9.59 Å². The van der Waals surface area contributed by atoms with Crippen LogP contribution in [0.25, 0.3) is 0 Å². The first kappa shape index (κ1) is 22.1. The molecule has 0 unspecified atom stereocenters. The van der Waals surface area contributed by atoms with E-state index in [-0.39, 0.29) is 29.7 Å². The highest BCUT2D eigenvalue weighted by atomic mass is 16.5. The van der Waals surface area contributed by atoms with E-state index in [0.29, 0.717) is 31.9 Å². The van der Waals surface area contributed by atoms with Crippen LogP contribution >= 0.6 is 0 Å². The molecule has 8 nitrogen and oxygen atoms in total. The van der Waals surface area contributed by atoms with E-state index >= 15 is 0 Å². The molecule has 1 N–H and O–H groups in total. The fourth-order valence-corrected chi connectivity index (χ4v) is 3.49. The predicted octanol–water partition coefficient (Wildman–Crippen LogP) is 2.97. The summed E-state index contributed by atoms with van der Waals surface area (Å²) in [4.78, 5) is 30.9. The Kier molecular flexibility index (Phi) is 7.68. The van der Waals surface area contributed by atoms with Crippen molar-refractivity contribution in [3.8, 4) is 0 Å². The molecule has 0 spiro atoms. The van der Waals surface area contributed by atoms with Crippen molar-refractivity contribution in [2.24, 2.45) is 0 Å². The van der Waals surface area contributed by atoms with Crippen LogP contribution in [0.2, 0.25) is 0 Å². The van der Waals surface area contributed by atoms with Crippen molar-refractivity contribution >= 4 is 11.8 Å². The maximum absolute atomic E-state index is 12.5. The first-order chi connectivity index (χ1) is 14.5. The van der Waals surface area contributed by atoms with Gasteiger partial charge in [0.05, 0.1) is 19.2 Å². The highest BCUT2D eigenvalue weighted by molar-refractivity contribution is 5.92. The van der Waals surface area contributed by atoms with Crippen molar-refractivity contribution in [3.05, 3.63) is 41.9 Å². The van der Waals surface area contributed by atoms with Gasteiger partial charge in [0.1, 0.15) is 6.26 Å². The fraction of sp³-hybridized carbons (Fsp3) is 0.591. The van der Waals surface area contributed by atoms with Gasteiger partial charge in [0.25, 0.3) is 5.91 Å². The second kappa shape index (κ2) is 10.4. The molecule has 3 rings (SSSR count). The third-order valence-electron chi connectivity index (χ3n) is 5.46. The number of nitrogens with zero attached hydrogens (tertiary/aromatic N) is 3. The van der Waals surface area contributed by atoms with Gasteiger partial charge in [-0.15, -0.1) is 0 Å². The second-order valence-electron chi connectivity index (χ2n) is 7.80. The number of hydrogen-bond acceptors (Lipinski definition) is 5. The Balaban J connectivity index is 1.65. The topological polar surface area (TPSA) is 89.6 Å². The number of ether oxygens (including phenoxy) is 1. The Hall–Kier alpha value is -2.61. The molecule has 2 aromatic rings. The van der Waals surface area contributed by atoms with Crippen LogP contribution in [0.5, 0.6) is 0 Å². The SMILES string of the molecule is CCC(=O)N(Cc1cccn1Cc1nc(C(=O)N[C@H](C)CC)co1)C[C@@H]1CCCO1. The monoisotopic (exact) mass is 416 g/mol. The minimum absolute atomic E-state index is 0.0830. The maximum atomic E-state index is 12.5. The van der Waals surface area contributed by atoms with E-state index in [1.54, 1.807) is 0 Å². The van der Waals surface area contributed by atoms with Gasteiger partial charge >= 0.3 is 0 Å². The molecule has 0 bridgehead atoms. The van der Waals surface area contributed by atoms with Gasteiger partial charge in [-0.1, -0.05) is 13.8 Å². The molecule has 0 saturated carbocycles. The summed E-state index contributed by atoms with van der Waals surface area (Å²) in [5.41, 5.74) is 1.26. The highest BCUT2D eigenvalue weighted by Gasteiger charge is 2.23. The van der Waals surface area contributed by atoms with Gasteiger partial charge in [-0.25, -0.2) is 4.98 Å². The molecule has 1 aliphatic rings. The summed E-state index contributed by atoms with van der Waals surface area (Å²) in [6.45, 7) is 8.11. The number of carbonyl (C=O) groups excluding carboxylic acids is 2. The summed E-state index contributed by atoms with van der Waals surface area (Å²) < 4.78 is 13.2. The Labute approximate surface area is 177 Å². The van der Waals surface area contributed by atoms with Crippen LogP contribution in [0.3, 0.4) is 0 Å². The van der Waals surface area contributed by atoms with E-state index in [4.69, 9.17) is 9.15 Å². The summed E-state index contributed by atoms with van der Waals surface area (Å²) in [6, 6.07) is 4.01. The van der Waals surface area contributed by atoms with Crippen LogP contribution in [0, 0.1) is 0 Å². The molecule has 1 saturated heterocycles. The minimum atomic E-state index is -0.233. The molecular weight excluding hydrogens is 384 g/mol. The number of nitrogens with one attached hydrogen (secondary N) is 1. The van der Waals surface area contributed by atoms with Crippen molar-refractivity contribution < 1.29 is 18.7 Å². The van der Waals surface area contributed by atoms with E-state index in [0.717, 1.165) is 31.6 Å². The lowest BCUT2D eigenvalue weighted by atomic mass is 10.2. The number of rotatable bonds is 10. The molecule has 3 heterocycles. The lowest BCUT2D eigenvalue weighted by Crippen LogP contribution is -2.37. The molecule has 2 aromatic heterocycles. The maximum Gasteiger partial charge on any atom is 0.273 e. The predicted molar refractivity (Wildman–Crippen MR) is 112 cm³/mol. The van der Waals surface area contributed by atoms with E-state index in [1.807, 2.05) is 48.6 Å². The molecule has 0 radical (unpaired) electrons. The van der Waals surface area contributed by atoms with Gasteiger partial charge in [-0.3, -0.25) is 9.59 Å². The lowest BCUT2D eigenvalue weighted by molar-refractivity contribution is -0.133. The van der Waals surface area contributed by atoms with Crippen molar-refractivity contribution in [2.45, 2.75) is 71.7 Å². The van der Waals surface area contributed by atoms with Gasteiger partial charge in [0, 0.05) is 37.5 Å². The van der Waals surface area contributed by atoms with Crippen molar-refractivity contribution in [1.82, 2.24) is 19.8 Å². The number of carbonyl (C=O) groups is 2. The third kappa shape index (κ3) is 5.72. The molecule has 1 fully saturated rings. The molecule has 2 amide bonds. The number of amides is 2. The molecule has 1 aliphatic heterocycles. The molecular formula is C22H32N4O4. The molecule has 30 heavy (non-hydrogen) atoms. The summed E-state index contributed by atoms with van der Waals surface area (Å²) in [5.74, 6) is 0.330. The smallest absolute Gasteiger partial charge is 0.273 e. The van der Waals surface area contributed by atoms with Crippen LogP contribution in [0.1, 0.15) is 68.5 Å². The van der Waals surface area contributed by atoms with Crippen molar-refractivity contribution in [2.75, 3.05) is 13.2 Å². The van der Waals surface area contributed by atoms with Gasteiger partial charge in [-0.05, 0) is 38.3 Å². The molecule has 164 valence electrons. The lowest BCUT2D eigenvalue weighted by Gasteiger charge is -2.25. The van der Waals surface area contributed by atoms with Crippen LogP contribution < -0.4 is 5.32 Å². The van der Waals surface area contributed by atoms with Crippen molar-refractivity contribution in [1.29, 1.82) is 0 Å². The van der Waals surface area contributed by atoms with E-state index in [2.05, 4.69) is 10.3 Å². The van der Waals surface area contributed by atoms with Crippen molar-refractivity contribution in [3.63, 3.8) is 0 Å². The second-order valence-corrected chi connectivity index (χ2v) is 7.80. The van der Waals surface area contributed by atoms with Gasteiger partial charge < -0.3 is 23.9 Å². The summed E-state index contributed by atoms with van der Waals surface area (Å²) >= 11 is 0. The van der Waals surface area contributed by atoms with Gasteiger partial charge in [-0.2, -0.15) is 0 Å². The quantitative estimate of drug-likeness (QED) is 0.643. The third-order valence-corrected chi connectivity index (χ3v) is 5.46. The molecule has 0 aromatic carbocycles. The summed E-state index contributed by atoms with van der Waals surface area (Å²) in [5, 5.41) is 2.88. The Morgan fingerprint density at radius 2 is 2.23 bits per heavy atom. The molecule has 0 aliphatic carbocycles. The minimum Gasteiger partial charge on any atom is -0.446 e.